The first-order chi connectivity index (χ1) is 9.10. The average molecular weight is 271 g/mol. The van der Waals surface area contributed by atoms with Gasteiger partial charge in [0.05, 0.1) is 14.2 Å². The van der Waals surface area contributed by atoms with Crippen LogP contribution in [0.5, 0.6) is 0 Å². The Kier molecular flexibility index (Phi) is 9.57. The summed E-state index contributed by atoms with van der Waals surface area (Å²) in [7, 11) is 2.55. The Bertz CT molecular complexity index is 291. The van der Waals surface area contributed by atoms with Gasteiger partial charge >= 0.3 is 12.1 Å². The number of unbranched alkanes of at least 4 members (excludes halogenated alkanes) is 3. The van der Waals surface area contributed by atoms with Crippen molar-refractivity contribution in [3.8, 4) is 0 Å². The van der Waals surface area contributed by atoms with Crippen molar-refractivity contribution in [2.45, 2.75) is 45.1 Å². The topological polar surface area (TPSA) is 64.6 Å². The highest BCUT2D eigenvalue weighted by atomic mass is 16.5. The molecule has 0 bridgehead atoms. The Hall–Kier alpha value is -1.52. The molecule has 0 aromatic rings. The van der Waals surface area contributed by atoms with Gasteiger partial charge in [0.25, 0.3) is 0 Å². The smallest absolute Gasteiger partial charge is 0.407 e. The minimum atomic E-state index is -0.739. The summed E-state index contributed by atoms with van der Waals surface area (Å²) in [6.45, 7) is 5.87. The zero-order valence-corrected chi connectivity index (χ0v) is 12.1. The number of esters is 1. The summed E-state index contributed by atoms with van der Waals surface area (Å²) < 4.78 is 9.23. The Morgan fingerprint density at radius 1 is 1.21 bits per heavy atom. The van der Waals surface area contributed by atoms with Crippen LogP contribution in [0.1, 0.15) is 39.0 Å². The van der Waals surface area contributed by atoms with Crippen LogP contribution in [0.3, 0.4) is 0 Å². The maximum atomic E-state index is 11.7. The Labute approximate surface area is 115 Å². The first-order valence-electron chi connectivity index (χ1n) is 6.65. The molecule has 110 valence electrons. The summed E-state index contributed by atoms with van der Waals surface area (Å²) in [5, 5.41) is 2.50. The van der Waals surface area contributed by atoms with Crippen LogP contribution in [-0.4, -0.2) is 32.3 Å². The van der Waals surface area contributed by atoms with Crippen LogP contribution in [0.25, 0.3) is 0 Å². The van der Waals surface area contributed by atoms with Crippen LogP contribution in [0.15, 0.2) is 12.7 Å². The molecule has 5 nitrogen and oxygen atoms in total. The number of amides is 1. The lowest BCUT2D eigenvalue weighted by Crippen LogP contribution is -2.46. The zero-order chi connectivity index (χ0) is 14.7. The van der Waals surface area contributed by atoms with Gasteiger partial charge in [-0.2, -0.15) is 0 Å². The quantitative estimate of drug-likeness (QED) is 0.398. The lowest BCUT2D eigenvalue weighted by molar-refractivity contribution is -0.144. The molecule has 0 aromatic heterocycles. The third kappa shape index (κ3) is 6.84. The molecule has 0 saturated heterocycles. The molecule has 0 aliphatic heterocycles. The molecule has 5 heteroatoms. The van der Waals surface area contributed by atoms with Gasteiger partial charge in [0, 0.05) is 5.92 Å². The van der Waals surface area contributed by atoms with Crippen LogP contribution >= 0.6 is 0 Å². The van der Waals surface area contributed by atoms with Crippen molar-refractivity contribution in [1.82, 2.24) is 5.32 Å². The molecule has 1 N–H and O–H groups in total. The minimum Gasteiger partial charge on any atom is -0.467 e. The Morgan fingerprint density at radius 2 is 1.89 bits per heavy atom. The average Bonchev–Trinajstić information content (AvgIpc) is 2.44. The fraction of sp³-hybridized carbons (Fsp3) is 0.714. The number of rotatable bonds is 9. The van der Waals surface area contributed by atoms with Gasteiger partial charge in [-0.25, -0.2) is 9.59 Å². The van der Waals surface area contributed by atoms with E-state index in [-0.39, 0.29) is 5.92 Å². The van der Waals surface area contributed by atoms with Gasteiger partial charge in [0.2, 0.25) is 0 Å². The second-order valence-corrected chi connectivity index (χ2v) is 4.39. The molecule has 0 rings (SSSR count). The second-order valence-electron chi connectivity index (χ2n) is 4.39. The van der Waals surface area contributed by atoms with E-state index in [9.17, 15) is 9.59 Å². The first-order valence-corrected chi connectivity index (χ1v) is 6.65. The van der Waals surface area contributed by atoms with E-state index >= 15 is 0 Å². The summed E-state index contributed by atoms with van der Waals surface area (Å²) in [5.41, 5.74) is 0. The van der Waals surface area contributed by atoms with Gasteiger partial charge in [-0.3, -0.25) is 0 Å². The minimum absolute atomic E-state index is 0.150. The highest BCUT2D eigenvalue weighted by Gasteiger charge is 2.28. The van der Waals surface area contributed by atoms with Gasteiger partial charge in [-0.15, -0.1) is 6.58 Å². The fourth-order valence-electron chi connectivity index (χ4n) is 1.88. The lowest BCUT2D eigenvalue weighted by Gasteiger charge is -2.22. The molecule has 2 unspecified atom stereocenters. The summed E-state index contributed by atoms with van der Waals surface area (Å²) in [4.78, 5) is 23.0. The zero-order valence-electron chi connectivity index (χ0n) is 12.1. The summed E-state index contributed by atoms with van der Waals surface area (Å²) in [5.74, 6) is -0.630. The number of carbonyl (C=O) groups is 2. The van der Waals surface area contributed by atoms with Gasteiger partial charge < -0.3 is 14.8 Å². The van der Waals surface area contributed by atoms with Crippen molar-refractivity contribution in [2.24, 2.45) is 5.92 Å². The van der Waals surface area contributed by atoms with Crippen molar-refractivity contribution in [3.63, 3.8) is 0 Å². The molecule has 0 aliphatic carbocycles. The Balaban J connectivity index is 4.54. The van der Waals surface area contributed by atoms with Crippen molar-refractivity contribution < 1.29 is 19.1 Å². The van der Waals surface area contributed by atoms with Crippen molar-refractivity contribution in [1.29, 1.82) is 0 Å². The predicted octanol–water partition coefficient (Wildman–Crippen LogP) is 2.66. The Morgan fingerprint density at radius 3 is 2.37 bits per heavy atom. The highest BCUT2D eigenvalue weighted by molar-refractivity contribution is 5.81. The first kappa shape index (κ1) is 17.5. The molecule has 0 aromatic carbocycles. The van der Waals surface area contributed by atoms with E-state index in [0.717, 1.165) is 32.1 Å². The number of methoxy groups -OCH3 is 2. The number of hydrogen-bond acceptors (Lipinski definition) is 4. The molecule has 0 heterocycles. The predicted molar refractivity (Wildman–Crippen MR) is 73.8 cm³/mol. The van der Waals surface area contributed by atoms with E-state index in [1.54, 1.807) is 6.08 Å². The van der Waals surface area contributed by atoms with E-state index < -0.39 is 18.1 Å². The van der Waals surface area contributed by atoms with E-state index in [0.29, 0.717) is 0 Å². The molecule has 0 aliphatic rings. The van der Waals surface area contributed by atoms with E-state index in [1.807, 2.05) is 0 Å². The molecule has 0 radical (unpaired) electrons. The third-order valence-corrected chi connectivity index (χ3v) is 3.04. The van der Waals surface area contributed by atoms with E-state index in [2.05, 4.69) is 23.6 Å². The van der Waals surface area contributed by atoms with Crippen molar-refractivity contribution in [2.75, 3.05) is 14.2 Å². The molecular weight excluding hydrogens is 246 g/mol. The van der Waals surface area contributed by atoms with Gasteiger partial charge in [-0.1, -0.05) is 38.7 Å². The van der Waals surface area contributed by atoms with Crippen LogP contribution in [0, 0.1) is 5.92 Å². The third-order valence-electron chi connectivity index (χ3n) is 3.04. The molecular formula is C14H25NO4. The molecule has 19 heavy (non-hydrogen) atoms. The monoisotopic (exact) mass is 271 g/mol. The molecule has 0 fully saturated rings. The number of ether oxygens (including phenoxy) is 2. The number of alkyl carbamates (subject to hydrolysis) is 1. The van der Waals surface area contributed by atoms with E-state index in [4.69, 9.17) is 4.74 Å². The summed E-state index contributed by atoms with van der Waals surface area (Å²) in [6, 6.07) is -0.739. The molecule has 2 atom stereocenters. The van der Waals surface area contributed by atoms with E-state index in [1.165, 1.54) is 14.2 Å². The summed E-state index contributed by atoms with van der Waals surface area (Å²) >= 11 is 0. The SMILES string of the molecule is C=CC(CCCCCC)C(NC(=O)OC)C(=O)OC. The van der Waals surface area contributed by atoms with Crippen LogP contribution in [0.2, 0.25) is 0 Å². The van der Waals surface area contributed by atoms with Crippen LogP contribution in [-0.2, 0) is 14.3 Å². The van der Waals surface area contributed by atoms with Crippen LogP contribution in [0.4, 0.5) is 4.79 Å². The maximum absolute atomic E-state index is 11.7. The molecule has 0 spiro atoms. The maximum Gasteiger partial charge on any atom is 0.407 e. The largest absolute Gasteiger partial charge is 0.467 e. The fourth-order valence-corrected chi connectivity index (χ4v) is 1.88. The van der Waals surface area contributed by atoms with Gasteiger partial charge in [-0.05, 0) is 6.42 Å². The number of nitrogens with one attached hydrogen (secondary N) is 1. The van der Waals surface area contributed by atoms with Gasteiger partial charge in [0.1, 0.15) is 6.04 Å². The van der Waals surface area contributed by atoms with Crippen LogP contribution < -0.4 is 5.32 Å². The number of hydrogen-bond donors (Lipinski definition) is 1. The van der Waals surface area contributed by atoms with Crippen molar-refractivity contribution in [3.05, 3.63) is 12.7 Å². The van der Waals surface area contributed by atoms with Crippen molar-refractivity contribution >= 4 is 12.1 Å². The number of carbonyl (C=O) groups excluding carboxylic acids is 2. The standard InChI is InChI=1S/C14H25NO4/c1-5-7-8-9-10-11(6-2)12(13(16)18-3)15-14(17)19-4/h6,11-12H,2,5,7-10H2,1,3-4H3,(H,15,17). The molecule has 1 amide bonds. The van der Waals surface area contributed by atoms with Gasteiger partial charge in [0.15, 0.2) is 0 Å². The highest BCUT2D eigenvalue weighted by Crippen LogP contribution is 2.17. The lowest BCUT2D eigenvalue weighted by atomic mass is 9.93. The normalized spacial score (nSPS) is 13.2. The summed E-state index contributed by atoms with van der Waals surface area (Å²) in [6.07, 6.45) is 6.23. The molecule has 0 saturated carbocycles. The second kappa shape index (κ2) is 10.4.